The van der Waals surface area contributed by atoms with E-state index in [4.69, 9.17) is 23.2 Å². The summed E-state index contributed by atoms with van der Waals surface area (Å²) in [6.45, 7) is 1.15. The molecule has 1 atom stereocenters. The monoisotopic (exact) mass is 454 g/mol. The van der Waals surface area contributed by atoms with Gasteiger partial charge >= 0.3 is 0 Å². The molecular weight excluding hydrogens is 431 g/mol. The van der Waals surface area contributed by atoms with Gasteiger partial charge in [-0.15, -0.1) is 0 Å². The lowest BCUT2D eigenvalue weighted by molar-refractivity contribution is -0.126. The summed E-state index contributed by atoms with van der Waals surface area (Å²) >= 11 is 12.0. The highest BCUT2D eigenvalue weighted by atomic mass is 35.5. The van der Waals surface area contributed by atoms with Crippen LogP contribution < -0.4 is 5.32 Å². The first-order valence-electron chi connectivity index (χ1n) is 9.58. The van der Waals surface area contributed by atoms with Gasteiger partial charge in [-0.3, -0.25) is 4.79 Å². The van der Waals surface area contributed by atoms with Gasteiger partial charge in [-0.2, -0.15) is 0 Å². The predicted molar refractivity (Wildman–Crippen MR) is 117 cm³/mol. The summed E-state index contributed by atoms with van der Waals surface area (Å²) in [7, 11) is -3.58. The van der Waals surface area contributed by atoms with Crippen LogP contribution in [-0.2, 0) is 27.0 Å². The first-order chi connectivity index (χ1) is 13.8. The van der Waals surface area contributed by atoms with Gasteiger partial charge in [0.1, 0.15) is 0 Å². The van der Waals surface area contributed by atoms with Crippen LogP contribution in [0, 0.1) is 5.92 Å². The van der Waals surface area contributed by atoms with E-state index in [1.165, 1.54) is 10.4 Å². The van der Waals surface area contributed by atoms with Crippen molar-refractivity contribution in [1.82, 2.24) is 9.62 Å². The molecule has 1 N–H and O–H groups in total. The maximum Gasteiger partial charge on any atom is 0.224 e. The number of nitrogens with one attached hydrogen (secondary N) is 1. The van der Waals surface area contributed by atoms with E-state index < -0.39 is 10.0 Å². The fourth-order valence-corrected chi connectivity index (χ4v) is 5.65. The maximum absolute atomic E-state index is 12.9. The minimum absolute atomic E-state index is 0.0923. The van der Waals surface area contributed by atoms with E-state index in [-0.39, 0.29) is 24.1 Å². The zero-order valence-corrected chi connectivity index (χ0v) is 18.3. The van der Waals surface area contributed by atoms with Crippen molar-refractivity contribution in [2.24, 2.45) is 5.92 Å². The Kier molecular flexibility index (Phi) is 7.57. The first-order valence-corrected chi connectivity index (χ1v) is 11.9. The van der Waals surface area contributed by atoms with Gasteiger partial charge in [-0.05, 0) is 42.5 Å². The van der Waals surface area contributed by atoms with Crippen LogP contribution in [0.2, 0.25) is 10.0 Å². The van der Waals surface area contributed by atoms with Crippen molar-refractivity contribution in [3.05, 3.63) is 69.7 Å². The number of carbonyl (C=O) groups is 1. The number of hydrogen-bond donors (Lipinski definition) is 1. The zero-order chi connectivity index (χ0) is 20.9. The van der Waals surface area contributed by atoms with Gasteiger partial charge in [0.25, 0.3) is 0 Å². The average Bonchev–Trinajstić information content (AvgIpc) is 2.71. The fraction of sp³-hybridized carbons (Fsp3) is 0.381. The smallest absolute Gasteiger partial charge is 0.224 e. The molecule has 0 unspecified atom stereocenters. The van der Waals surface area contributed by atoms with Crippen molar-refractivity contribution < 1.29 is 13.2 Å². The molecule has 1 aliphatic rings. The summed E-state index contributed by atoms with van der Waals surface area (Å²) in [5, 5.41) is 3.73. The number of nitrogens with zero attached hydrogens (tertiary/aromatic N) is 1. The summed E-state index contributed by atoms with van der Waals surface area (Å²) in [4.78, 5) is 12.5. The molecule has 2 aromatic carbocycles. The lowest BCUT2D eigenvalue weighted by Gasteiger charge is -2.31. The lowest BCUT2D eigenvalue weighted by atomic mass is 9.99. The third-order valence-electron chi connectivity index (χ3n) is 5.06. The Labute approximate surface area is 182 Å². The summed E-state index contributed by atoms with van der Waals surface area (Å²) in [6.07, 6.45) is 2.09. The highest BCUT2D eigenvalue weighted by molar-refractivity contribution is 7.88. The Balaban J connectivity index is 1.56. The van der Waals surface area contributed by atoms with Gasteiger partial charge in [0.15, 0.2) is 0 Å². The van der Waals surface area contributed by atoms with Crippen LogP contribution in [0.4, 0.5) is 0 Å². The highest BCUT2D eigenvalue weighted by Gasteiger charge is 2.32. The number of halogens is 2. The van der Waals surface area contributed by atoms with E-state index in [1.807, 2.05) is 30.3 Å². The van der Waals surface area contributed by atoms with Crippen molar-refractivity contribution in [3.8, 4) is 0 Å². The van der Waals surface area contributed by atoms with Gasteiger partial charge in [-0.1, -0.05) is 59.6 Å². The molecule has 29 heavy (non-hydrogen) atoms. The molecule has 1 amide bonds. The van der Waals surface area contributed by atoms with E-state index in [2.05, 4.69) is 5.32 Å². The van der Waals surface area contributed by atoms with Crippen LogP contribution in [0.1, 0.15) is 24.0 Å². The number of sulfonamides is 1. The molecule has 0 spiro atoms. The Morgan fingerprint density at radius 1 is 1.14 bits per heavy atom. The second-order valence-electron chi connectivity index (χ2n) is 7.22. The quantitative estimate of drug-likeness (QED) is 0.689. The Morgan fingerprint density at radius 2 is 1.90 bits per heavy atom. The molecule has 0 radical (unpaired) electrons. The molecule has 0 saturated carbocycles. The summed E-state index contributed by atoms with van der Waals surface area (Å²) < 4.78 is 27.1. The van der Waals surface area contributed by atoms with E-state index in [0.29, 0.717) is 41.5 Å². The Hall–Kier alpha value is -1.60. The second kappa shape index (κ2) is 9.94. The van der Waals surface area contributed by atoms with Crippen molar-refractivity contribution in [3.63, 3.8) is 0 Å². The average molecular weight is 455 g/mol. The third-order valence-corrected chi connectivity index (χ3v) is 7.44. The van der Waals surface area contributed by atoms with E-state index >= 15 is 0 Å². The maximum atomic E-state index is 12.9. The minimum atomic E-state index is -3.58. The van der Waals surface area contributed by atoms with Crippen LogP contribution >= 0.6 is 23.2 Å². The van der Waals surface area contributed by atoms with Crippen molar-refractivity contribution in [1.29, 1.82) is 0 Å². The molecule has 8 heteroatoms. The molecule has 0 aromatic heterocycles. The van der Waals surface area contributed by atoms with Gasteiger partial charge in [0, 0.05) is 29.7 Å². The number of piperidine rings is 1. The van der Waals surface area contributed by atoms with Crippen molar-refractivity contribution >= 4 is 39.1 Å². The first kappa shape index (κ1) is 22.1. The second-order valence-corrected chi connectivity index (χ2v) is 10.0. The van der Waals surface area contributed by atoms with Crippen LogP contribution in [0.3, 0.4) is 0 Å². The van der Waals surface area contributed by atoms with Gasteiger partial charge in [0.2, 0.25) is 15.9 Å². The number of hydrogen-bond acceptors (Lipinski definition) is 3. The SMILES string of the molecule is O=C(NCCc1ccccc1)[C@H]1CCCN(S(=O)(=O)Cc2ccc(Cl)cc2Cl)C1. The zero-order valence-electron chi connectivity index (χ0n) is 16.0. The summed E-state index contributed by atoms with van der Waals surface area (Å²) in [6, 6.07) is 14.7. The molecule has 0 bridgehead atoms. The van der Waals surface area contributed by atoms with Crippen molar-refractivity contribution in [2.75, 3.05) is 19.6 Å². The number of carbonyl (C=O) groups excluding carboxylic acids is 1. The highest BCUT2D eigenvalue weighted by Crippen LogP contribution is 2.26. The summed E-state index contributed by atoms with van der Waals surface area (Å²) in [5.74, 6) is -0.633. The Morgan fingerprint density at radius 3 is 2.62 bits per heavy atom. The molecule has 1 fully saturated rings. The normalized spacial score (nSPS) is 17.8. The molecule has 156 valence electrons. The minimum Gasteiger partial charge on any atom is -0.355 e. The molecule has 0 aliphatic carbocycles. The van der Waals surface area contributed by atoms with Gasteiger partial charge < -0.3 is 5.32 Å². The molecule has 1 aliphatic heterocycles. The van der Waals surface area contributed by atoms with Crippen LogP contribution in [0.15, 0.2) is 48.5 Å². The van der Waals surface area contributed by atoms with E-state index in [9.17, 15) is 13.2 Å². The van der Waals surface area contributed by atoms with Crippen LogP contribution in [0.25, 0.3) is 0 Å². The Bertz CT molecular complexity index is 952. The molecule has 3 rings (SSSR count). The largest absolute Gasteiger partial charge is 0.355 e. The third kappa shape index (κ3) is 6.19. The topological polar surface area (TPSA) is 66.5 Å². The summed E-state index contributed by atoms with van der Waals surface area (Å²) in [5.41, 5.74) is 1.66. The lowest BCUT2D eigenvalue weighted by Crippen LogP contribution is -2.46. The molecule has 5 nitrogen and oxygen atoms in total. The van der Waals surface area contributed by atoms with Crippen molar-refractivity contribution in [2.45, 2.75) is 25.0 Å². The van der Waals surface area contributed by atoms with Gasteiger partial charge in [0.05, 0.1) is 11.7 Å². The molecular formula is C21H24Cl2N2O3S. The number of amides is 1. The van der Waals surface area contributed by atoms with Crippen LogP contribution in [-0.4, -0.2) is 38.3 Å². The predicted octanol–water partition coefficient (Wildman–Crippen LogP) is 3.89. The number of rotatable bonds is 7. The van der Waals surface area contributed by atoms with E-state index in [1.54, 1.807) is 12.1 Å². The molecule has 1 saturated heterocycles. The van der Waals surface area contributed by atoms with E-state index in [0.717, 1.165) is 12.0 Å². The molecule has 1 heterocycles. The van der Waals surface area contributed by atoms with Gasteiger partial charge in [-0.25, -0.2) is 12.7 Å². The van der Waals surface area contributed by atoms with Crippen LogP contribution in [0.5, 0.6) is 0 Å². The fourth-order valence-electron chi connectivity index (χ4n) is 3.45. The molecule has 2 aromatic rings. The standard InChI is InChI=1S/C21H24Cl2N2O3S/c22-19-9-8-18(20(23)13-19)15-29(27,28)25-12-4-7-17(14-25)21(26)24-11-10-16-5-2-1-3-6-16/h1-3,5-6,8-9,13,17H,4,7,10-12,14-15H2,(H,24,26)/t17-/m0/s1. The number of benzene rings is 2.